The van der Waals surface area contributed by atoms with Crippen molar-refractivity contribution in [2.24, 2.45) is 0 Å². The van der Waals surface area contributed by atoms with E-state index in [1.54, 1.807) is 14.2 Å². The van der Waals surface area contributed by atoms with E-state index in [0.717, 1.165) is 37.3 Å². The number of rotatable bonds is 5. The summed E-state index contributed by atoms with van der Waals surface area (Å²) in [5.41, 5.74) is 3.19. The molecular formula is C16H17Br2NO2. The van der Waals surface area contributed by atoms with E-state index in [1.165, 1.54) is 0 Å². The Morgan fingerprint density at radius 1 is 0.952 bits per heavy atom. The third kappa shape index (κ3) is 3.92. The van der Waals surface area contributed by atoms with Crippen molar-refractivity contribution in [1.29, 1.82) is 0 Å². The molecule has 2 aromatic rings. The molecular weight excluding hydrogens is 398 g/mol. The Labute approximate surface area is 141 Å². The number of halogens is 2. The Morgan fingerprint density at radius 3 is 2.33 bits per heavy atom. The van der Waals surface area contributed by atoms with E-state index in [9.17, 15) is 0 Å². The summed E-state index contributed by atoms with van der Waals surface area (Å²) in [6.45, 7) is 2.70. The van der Waals surface area contributed by atoms with Gasteiger partial charge in [0.05, 0.1) is 19.9 Å². The Morgan fingerprint density at radius 2 is 1.67 bits per heavy atom. The molecule has 0 heterocycles. The van der Waals surface area contributed by atoms with Gasteiger partial charge in [-0.25, -0.2) is 0 Å². The van der Waals surface area contributed by atoms with Crippen LogP contribution in [0.1, 0.15) is 11.1 Å². The summed E-state index contributed by atoms with van der Waals surface area (Å²) < 4.78 is 12.9. The number of ether oxygens (including phenoxy) is 2. The summed E-state index contributed by atoms with van der Waals surface area (Å²) in [7, 11) is 3.35. The number of nitrogens with one attached hydrogen (secondary N) is 1. The molecule has 1 N–H and O–H groups in total. The summed E-state index contributed by atoms with van der Waals surface area (Å²) >= 11 is 6.97. The smallest absolute Gasteiger partial charge is 0.143 e. The van der Waals surface area contributed by atoms with Crippen LogP contribution < -0.4 is 14.8 Å². The molecule has 2 aromatic carbocycles. The van der Waals surface area contributed by atoms with Crippen LogP contribution in [0, 0.1) is 6.92 Å². The van der Waals surface area contributed by atoms with Crippen LogP contribution >= 0.6 is 31.9 Å². The highest BCUT2D eigenvalue weighted by molar-refractivity contribution is 9.10. The van der Waals surface area contributed by atoms with E-state index in [0.29, 0.717) is 6.54 Å². The summed E-state index contributed by atoms with van der Waals surface area (Å²) in [4.78, 5) is 0. The normalized spacial score (nSPS) is 10.3. The first-order valence-corrected chi connectivity index (χ1v) is 8.04. The SMILES string of the molecule is COc1ccc(Br)cc1CNc1c(C)cc(Br)cc1OC. The first-order chi connectivity index (χ1) is 10.0. The van der Waals surface area contributed by atoms with Gasteiger partial charge >= 0.3 is 0 Å². The average molecular weight is 415 g/mol. The number of hydrogen-bond acceptors (Lipinski definition) is 3. The Hall–Kier alpha value is -1.20. The lowest BCUT2D eigenvalue weighted by atomic mass is 10.1. The fourth-order valence-corrected chi connectivity index (χ4v) is 3.13. The topological polar surface area (TPSA) is 30.5 Å². The van der Waals surface area contributed by atoms with Gasteiger partial charge in [0.15, 0.2) is 0 Å². The number of benzene rings is 2. The van der Waals surface area contributed by atoms with Crippen LogP contribution in [0.15, 0.2) is 39.3 Å². The zero-order chi connectivity index (χ0) is 15.4. The fourth-order valence-electron chi connectivity index (χ4n) is 2.17. The second-order valence-electron chi connectivity index (χ2n) is 4.61. The Kier molecular flexibility index (Phi) is 5.53. The zero-order valence-electron chi connectivity index (χ0n) is 12.2. The van der Waals surface area contributed by atoms with Gasteiger partial charge in [0.2, 0.25) is 0 Å². The third-order valence-electron chi connectivity index (χ3n) is 3.18. The maximum Gasteiger partial charge on any atom is 0.143 e. The molecule has 2 rings (SSSR count). The highest BCUT2D eigenvalue weighted by Gasteiger charge is 2.10. The summed E-state index contributed by atoms with van der Waals surface area (Å²) in [5.74, 6) is 1.68. The lowest BCUT2D eigenvalue weighted by Gasteiger charge is -2.16. The minimum Gasteiger partial charge on any atom is -0.496 e. The van der Waals surface area contributed by atoms with E-state index in [-0.39, 0.29) is 0 Å². The van der Waals surface area contributed by atoms with Crippen LogP contribution in [0.25, 0.3) is 0 Å². The maximum absolute atomic E-state index is 5.44. The van der Waals surface area contributed by atoms with Gasteiger partial charge in [-0.3, -0.25) is 0 Å². The lowest BCUT2D eigenvalue weighted by Crippen LogP contribution is -2.05. The van der Waals surface area contributed by atoms with Gasteiger partial charge in [-0.05, 0) is 42.8 Å². The summed E-state index contributed by atoms with van der Waals surface area (Å²) in [6, 6.07) is 9.98. The van der Waals surface area contributed by atoms with Crippen molar-refractivity contribution in [2.45, 2.75) is 13.5 Å². The summed E-state index contributed by atoms with van der Waals surface area (Å²) in [5, 5.41) is 3.43. The molecule has 0 atom stereocenters. The largest absolute Gasteiger partial charge is 0.496 e. The van der Waals surface area contributed by atoms with E-state index in [2.05, 4.69) is 43.2 Å². The van der Waals surface area contributed by atoms with Gasteiger partial charge in [-0.1, -0.05) is 31.9 Å². The first kappa shape index (κ1) is 16.2. The van der Waals surface area contributed by atoms with E-state index >= 15 is 0 Å². The quantitative estimate of drug-likeness (QED) is 0.733. The van der Waals surface area contributed by atoms with Crippen LogP contribution in [0.2, 0.25) is 0 Å². The number of anilines is 1. The number of aryl methyl sites for hydroxylation is 1. The molecule has 21 heavy (non-hydrogen) atoms. The molecule has 0 aliphatic rings. The molecule has 0 aliphatic carbocycles. The highest BCUT2D eigenvalue weighted by atomic mass is 79.9. The van der Waals surface area contributed by atoms with Crippen LogP contribution in [-0.2, 0) is 6.54 Å². The van der Waals surface area contributed by atoms with Crippen molar-refractivity contribution in [3.8, 4) is 11.5 Å². The molecule has 0 aliphatic heterocycles. The van der Waals surface area contributed by atoms with Crippen molar-refractivity contribution in [1.82, 2.24) is 0 Å². The minimum absolute atomic E-state index is 0.654. The van der Waals surface area contributed by atoms with Gasteiger partial charge in [-0.15, -0.1) is 0 Å². The van der Waals surface area contributed by atoms with E-state index in [4.69, 9.17) is 9.47 Å². The Bertz CT molecular complexity index is 644. The number of methoxy groups -OCH3 is 2. The predicted molar refractivity (Wildman–Crippen MR) is 93.5 cm³/mol. The fraction of sp³-hybridized carbons (Fsp3) is 0.250. The molecule has 112 valence electrons. The molecule has 0 saturated carbocycles. The van der Waals surface area contributed by atoms with Crippen molar-refractivity contribution in [3.05, 3.63) is 50.4 Å². The summed E-state index contributed by atoms with van der Waals surface area (Å²) in [6.07, 6.45) is 0. The highest BCUT2D eigenvalue weighted by Crippen LogP contribution is 2.33. The molecule has 0 saturated heterocycles. The molecule has 0 amide bonds. The van der Waals surface area contributed by atoms with Crippen molar-refractivity contribution in [2.75, 3.05) is 19.5 Å². The molecule has 0 radical (unpaired) electrons. The molecule has 0 bridgehead atoms. The lowest BCUT2D eigenvalue weighted by molar-refractivity contribution is 0.409. The maximum atomic E-state index is 5.44. The Balaban J connectivity index is 2.26. The van der Waals surface area contributed by atoms with E-state index in [1.807, 2.05) is 31.2 Å². The second kappa shape index (κ2) is 7.18. The van der Waals surface area contributed by atoms with Gasteiger partial charge in [0, 0.05) is 21.1 Å². The number of hydrogen-bond donors (Lipinski definition) is 1. The van der Waals surface area contributed by atoms with Crippen molar-refractivity contribution >= 4 is 37.5 Å². The van der Waals surface area contributed by atoms with E-state index < -0.39 is 0 Å². The van der Waals surface area contributed by atoms with Gasteiger partial charge < -0.3 is 14.8 Å². The van der Waals surface area contributed by atoms with Gasteiger partial charge in [-0.2, -0.15) is 0 Å². The van der Waals surface area contributed by atoms with Crippen LogP contribution in [0.3, 0.4) is 0 Å². The second-order valence-corrected chi connectivity index (χ2v) is 6.44. The molecule has 0 aromatic heterocycles. The van der Waals surface area contributed by atoms with Gasteiger partial charge in [0.25, 0.3) is 0 Å². The van der Waals surface area contributed by atoms with Crippen LogP contribution in [0.5, 0.6) is 11.5 Å². The predicted octanol–water partition coefficient (Wildman–Crippen LogP) is 5.15. The molecule has 3 nitrogen and oxygen atoms in total. The van der Waals surface area contributed by atoms with Crippen LogP contribution in [-0.4, -0.2) is 14.2 Å². The molecule has 0 spiro atoms. The zero-order valence-corrected chi connectivity index (χ0v) is 15.3. The average Bonchev–Trinajstić information content (AvgIpc) is 2.45. The third-order valence-corrected chi connectivity index (χ3v) is 4.13. The molecule has 5 heteroatoms. The first-order valence-electron chi connectivity index (χ1n) is 6.45. The van der Waals surface area contributed by atoms with Gasteiger partial charge in [0.1, 0.15) is 11.5 Å². The molecule has 0 unspecified atom stereocenters. The van der Waals surface area contributed by atoms with Crippen LogP contribution in [0.4, 0.5) is 5.69 Å². The molecule has 0 fully saturated rings. The van der Waals surface area contributed by atoms with Crippen molar-refractivity contribution < 1.29 is 9.47 Å². The van der Waals surface area contributed by atoms with Crippen molar-refractivity contribution in [3.63, 3.8) is 0 Å². The minimum atomic E-state index is 0.654. The standard InChI is InChI=1S/C16H17Br2NO2/c1-10-6-13(18)8-15(21-3)16(10)19-9-11-7-12(17)4-5-14(11)20-2/h4-8,19H,9H2,1-3H3. The monoisotopic (exact) mass is 413 g/mol.